The largest absolute Gasteiger partial charge is 0.492 e. The molecule has 1 atom stereocenters. The molecule has 0 aromatic heterocycles. The molecule has 160 valence electrons. The standard InChI is InChI=1S/C24H24N2O4S/c1-3-30-23-12-8-7-11-21(23)25-24(27)18-13-14-22-19(16-18)15-17(2)26(22)31(28,29)20-9-5-4-6-10-20/h4-14,16-17H,3,15H2,1-2H3,(H,25,27)/t17-/m1/s1. The van der Waals surface area contributed by atoms with Crippen molar-refractivity contribution in [3.63, 3.8) is 0 Å². The Morgan fingerprint density at radius 3 is 2.52 bits per heavy atom. The Kier molecular flexibility index (Phi) is 5.69. The Morgan fingerprint density at radius 1 is 1.06 bits per heavy atom. The molecule has 0 aliphatic carbocycles. The van der Waals surface area contributed by atoms with Crippen LogP contribution in [0.4, 0.5) is 11.4 Å². The summed E-state index contributed by atoms with van der Waals surface area (Å²) >= 11 is 0. The normalized spacial score (nSPS) is 15.4. The van der Waals surface area contributed by atoms with Crippen LogP contribution in [0.25, 0.3) is 0 Å². The molecule has 0 spiro atoms. The Morgan fingerprint density at radius 2 is 1.77 bits per heavy atom. The van der Waals surface area contributed by atoms with Crippen LogP contribution in [0.1, 0.15) is 29.8 Å². The van der Waals surface area contributed by atoms with E-state index in [2.05, 4.69) is 5.32 Å². The second-order valence-electron chi connectivity index (χ2n) is 7.39. The fraction of sp³-hybridized carbons (Fsp3) is 0.208. The summed E-state index contributed by atoms with van der Waals surface area (Å²) in [6.45, 7) is 4.25. The lowest BCUT2D eigenvalue weighted by Crippen LogP contribution is -2.35. The van der Waals surface area contributed by atoms with Gasteiger partial charge in [0.25, 0.3) is 15.9 Å². The first kappa shape index (κ1) is 20.9. The molecule has 6 nitrogen and oxygen atoms in total. The minimum absolute atomic E-state index is 0.239. The minimum Gasteiger partial charge on any atom is -0.492 e. The summed E-state index contributed by atoms with van der Waals surface area (Å²) < 4.78 is 33.4. The second kappa shape index (κ2) is 8.43. The number of hydrogen-bond acceptors (Lipinski definition) is 4. The fourth-order valence-corrected chi connectivity index (χ4v) is 5.58. The van der Waals surface area contributed by atoms with E-state index in [0.717, 1.165) is 5.56 Å². The van der Waals surface area contributed by atoms with Gasteiger partial charge in [-0.1, -0.05) is 30.3 Å². The van der Waals surface area contributed by atoms with Crippen molar-refractivity contribution in [1.82, 2.24) is 0 Å². The van der Waals surface area contributed by atoms with Crippen molar-refractivity contribution in [1.29, 1.82) is 0 Å². The number of nitrogens with zero attached hydrogens (tertiary/aromatic N) is 1. The van der Waals surface area contributed by atoms with Crippen molar-refractivity contribution in [3.8, 4) is 5.75 Å². The van der Waals surface area contributed by atoms with E-state index in [-0.39, 0.29) is 16.8 Å². The maximum absolute atomic E-state index is 13.2. The number of rotatable bonds is 6. The van der Waals surface area contributed by atoms with Crippen LogP contribution in [-0.4, -0.2) is 27.0 Å². The van der Waals surface area contributed by atoms with Crippen LogP contribution < -0.4 is 14.4 Å². The fourth-order valence-electron chi connectivity index (χ4n) is 3.86. The molecule has 0 radical (unpaired) electrons. The Labute approximate surface area is 182 Å². The molecule has 0 bridgehead atoms. The van der Waals surface area contributed by atoms with E-state index < -0.39 is 10.0 Å². The first-order chi connectivity index (χ1) is 14.9. The summed E-state index contributed by atoms with van der Waals surface area (Å²) in [6, 6.07) is 20.6. The molecular weight excluding hydrogens is 412 g/mol. The summed E-state index contributed by atoms with van der Waals surface area (Å²) in [6.07, 6.45) is 0.540. The molecule has 3 aromatic carbocycles. The summed E-state index contributed by atoms with van der Waals surface area (Å²) in [5, 5.41) is 2.89. The van der Waals surface area contributed by atoms with E-state index in [1.54, 1.807) is 60.7 Å². The van der Waals surface area contributed by atoms with Crippen molar-refractivity contribution in [2.75, 3.05) is 16.2 Å². The van der Waals surface area contributed by atoms with Crippen LogP contribution in [0.15, 0.2) is 77.7 Å². The highest BCUT2D eigenvalue weighted by Gasteiger charge is 2.36. The van der Waals surface area contributed by atoms with Gasteiger partial charge in [0.05, 0.1) is 22.9 Å². The molecule has 7 heteroatoms. The predicted octanol–water partition coefficient (Wildman–Crippen LogP) is 4.48. The van der Waals surface area contributed by atoms with Gasteiger partial charge in [-0.15, -0.1) is 0 Å². The highest BCUT2D eigenvalue weighted by atomic mass is 32.2. The van der Waals surface area contributed by atoms with Crippen LogP contribution in [0, 0.1) is 0 Å². The van der Waals surface area contributed by atoms with Gasteiger partial charge in [-0.3, -0.25) is 9.10 Å². The molecule has 1 N–H and O–H groups in total. The summed E-state index contributed by atoms with van der Waals surface area (Å²) in [7, 11) is -3.68. The summed E-state index contributed by atoms with van der Waals surface area (Å²) in [4.78, 5) is 13.1. The van der Waals surface area contributed by atoms with Gasteiger partial charge in [0.2, 0.25) is 0 Å². The predicted molar refractivity (Wildman–Crippen MR) is 121 cm³/mol. The van der Waals surface area contributed by atoms with E-state index in [9.17, 15) is 13.2 Å². The molecule has 31 heavy (non-hydrogen) atoms. The number of anilines is 2. The van der Waals surface area contributed by atoms with Gasteiger partial charge in [-0.2, -0.15) is 0 Å². The zero-order valence-corrected chi connectivity index (χ0v) is 18.2. The number of amides is 1. The van der Waals surface area contributed by atoms with Gasteiger partial charge in [0.1, 0.15) is 5.75 Å². The quantitative estimate of drug-likeness (QED) is 0.618. The topological polar surface area (TPSA) is 75.7 Å². The third-order valence-corrected chi connectivity index (χ3v) is 7.17. The number of benzene rings is 3. The number of carbonyl (C=O) groups excluding carboxylic acids is 1. The van der Waals surface area contributed by atoms with Gasteiger partial charge in [-0.25, -0.2) is 8.42 Å². The Hall–Kier alpha value is -3.32. The van der Waals surface area contributed by atoms with Gasteiger partial charge >= 0.3 is 0 Å². The molecular formula is C24H24N2O4S. The first-order valence-corrected chi connectivity index (χ1v) is 11.6. The molecule has 3 aromatic rings. The molecule has 0 saturated heterocycles. The third-order valence-electron chi connectivity index (χ3n) is 5.23. The van der Waals surface area contributed by atoms with E-state index in [4.69, 9.17) is 4.74 Å². The van der Waals surface area contributed by atoms with Crippen molar-refractivity contribution in [2.45, 2.75) is 31.2 Å². The number of carbonyl (C=O) groups is 1. The van der Waals surface area contributed by atoms with Crippen LogP contribution >= 0.6 is 0 Å². The van der Waals surface area contributed by atoms with E-state index in [1.807, 2.05) is 26.0 Å². The molecule has 0 saturated carbocycles. The second-order valence-corrected chi connectivity index (χ2v) is 9.21. The smallest absolute Gasteiger partial charge is 0.264 e. The highest BCUT2D eigenvalue weighted by Crippen LogP contribution is 2.37. The van der Waals surface area contributed by atoms with Crippen LogP contribution in [0.5, 0.6) is 5.75 Å². The lowest BCUT2D eigenvalue weighted by molar-refractivity contribution is 0.102. The molecule has 1 heterocycles. The minimum atomic E-state index is -3.68. The van der Waals surface area contributed by atoms with Gasteiger partial charge in [-0.05, 0) is 68.3 Å². The van der Waals surface area contributed by atoms with Crippen LogP contribution in [0.3, 0.4) is 0 Å². The number of sulfonamides is 1. The number of hydrogen-bond donors (Lipinski definition) is 1. The Balaban J connectivity index is 1.62. The van der Waals surface area contributed by atoms with Gasteiger partial charge in [0.15, 0.2) is 0 Å². The Bertz CT molecular complexity index is 1210. The SMILES string of the molecule is CCOc1ccccc1NC(=O)c1ccc2c(c1)C[C@@H](C)N2S(=O)(=O)c1ccccc1. The average molecular weight is 437 g/mol. The lowest BCUT2D eigenvalue weighted by atomic mass is 10.1. The van der Waals surface area contributed by atoms with E-state index >= 15 is 0 Å². The number of para-hydroxylation sites is 2. The third kappa shape index (κ3) is 4.01. The number of nitrogens with one attached hydrogen (secondary N) is 1. The summed E-state index contributed by atoms with van der Waals surface area (Å²) in [5.74, 6) is 0.334. The van der Waals surface area contributed by atoms with Gasteiger partial charge < -0.3 is 10.1 Å². The van der Waals surface area contributed by atoms with Crippen LogP contribution in [0.2, 0.25) is 0 Å². The van der Waals surface area contributed by atoms with Crippen LogP contribution in [-0.2, 0) is 16.4 Å². The van der Waals surface area contributed by atoms with Crippen molar-refractivity contribution < 1.29 is 17.9 Å². The monoisotopic (exact) mass is 436 g/mol. The maximum Gasteiger partial charge on any atom is 0.264 e. The molecule has 1 aliphatic heterocycles. The molecule has 1 amide bonds. The highest BCUT2D eigenvalue weighted by molar-refractivity contribution is 7.92. The number of ether oxygens (including phenoxy) is 1. The van der Waals surface area contributed by atoms with E-state index in [1.165, 1.54) is 4.31 Å². The lowest BCUT2D eigenvalue weighted by Gasteiger charge is -2.24. The van der Waals surface area contributed by atoms with Gasteiger partial charge in [0, 0.05) is 11.6 Å². The van der Waals surface area contributed by atoms with Crippen molar-refractivity contribution in [2.24, 2.45) is 0 Å². The molecule has 0 unspecified atom stereocenters. The summed E-state index contributed by atoms with van der Waals surface area (Å²) in [5.41, 5.74) is 2.51. The zero-order chi connectivity index (χ0) is 22.0. The number of fused-ring (bicyclic) bond motifs is 1. The average Bonchev–Trinajstić information content (AvgIpc) is 3.11. The zero-order valence-electron chi connectivity index (χ0n) is 17.4. The van der Waals surface area contributed by atoms with Crippen molar-refractivity contribution in [3.05, 3.63) is 83.9 Å². The first-order valence-electron chi connectivity index (χ1n) is 10.2. The van der Waals surface area contributed by atoms with Crippen molar-refractivity contribution >= 4 is 27.3 Å². The molecule has 1 aliphatic rings. The molecule has 0 fully saturated rings. The van der Waals surface area contributed by atoms with E-state index in [0.29, 0.717) is 35.7 Å². The maximum atomic E-state index is 13.2. The molecule has 4 rings (SSSR count).